The first-order chi connectivity index (χ1) is 10.8. The van der Waals surface area contributed by atoms with E-state index in [-0.39, 0.29) is 10.7 Å². The minimum Gasteiger partial charge on any atom is -0.403 e. The molecular weight excluding hydrogens is 336 g/mol. The van der Waals surface area contributed by atoms with Crippen LogP contribution in [0.15, 0.2) is 42.6 Å². The van der Waals surface area contributed by atoms with Crippen LogP contribution in [-0.2, 0) is 0 Å². The monoisotopic (exact) mass is 342 g/mol. The Morgan fingerprint density at radius 1 is 1.09 bits per heavy atom. The highest BCUT2D eigenvalue weighted by Gasteiger charge is 2.32. The molecule has 0 aliphatic heterocycles. The van der Waals surface area contributed by atoms with Gasteiger partial charge in [-0.05, 0) is 36.4 Å². The van der Waals surface area contributed by atoms with E-state index in [1.807, 2.05) is 0 Å². The van der Waals surface area contributed by atoms with Crippen LogP contribution in [0.4, 0.5) is 17.6 Å². The second-order valence-corrected chi connectivity index (χ2v) is 4.92. The smallest absolute Gasteiger partial charge is 0.403 e. The molecule has 0 atom stereocenters. The minimum atomic E-state index is -4.96. The van der Waals surface area contributed by atoms with Crippen molar-refractivity contribution in [1.29, 1.82) is 0 Å². The highest BCUT2D eigenvalue weighted by molar-refractivity contribution is 6.34. The van der Waals surface area contributed by atoms with Crippen molar-refractivity contribution in [2.45, 2.75) is 6.36 Å². The molecule has 0 aliphatic carbocycles. The molecule has 0 N–H and O–H groups in total. The molecule has 0 fully saturated rings. The zero-order chi connectivity index (χ0) is 16.6. The fraction of sp³-hybridized carbons (Fsp3) is 0.0667. The summed E-state index contributed by atoms with van der Waals surface area (Å²) in [6.07, 6.45) is -3.40. The zero-order valence-corrected chi connectivity index (χ0v) is 12.0. The standard InChI is InChI=1S/C15H7ClF4N2O/c16-14-9-2-1-5-21-12(9)7-11(22-14)8-3-4-13(10(17)6-8)23-15(18,19)20/h1-7H. The lowest BCUT2D eigenvalue weighted by Crippen LogP contribution is -2.17. The maximum atomic E-state index is 13.8. The normalized spacial score (nSPS) is 11.7. The number of pyridine rings is 2. The minimum absolute atomic E-state index is 0.168. The first-order valence-electron chi connectivity index (χ1n) is 6.30. The lowest BCUT2D eigenvalue weighted by atomic mass is 10.1. The van der Waals surface area contributed by atoms with E-state index in [4.69, 9.17) is 11.6 Å². The molecule has 3 aromatic rings. The number of ether oxygens (including phenoxy) is 1. The van der Waals surface area contributed by atoms with E-state index in [1.165, 1.54) is 6.07 Å². The van der Waals surface area contributed by atoms with Crippen molar-refractivity contribution in [2.24, 2.45) is 0 Å². The molecule has 0 aliphatic rings. The van der Waals surface area contributed by atoms with Gasteiger partial charge in [0.15, 0.2) is 11.6 Å². The van der Waals surface area contributed by atoms with Gasteiger partial charge in [0.25, 0.3) is 0 Å². The second kappa shape index (κ2) is 5.66. The number of alkyl halides is 3. The molecule has 0 radical (unpaired) electrons. The second-order valence-electron chi connectivity index (χ2n) is 4.56. The summed E-state index contributed by atoms with van der Waals surface area (Å²) in [5.41, 5.74) is 1.09. The number of aromatic nitrogens is 2. The van der Waals surface area contributed by atoms with Gasteiger partial charge >= 0.3 is 6.36 Å². The van der Waals surface area contributed by atoms with Crippen molar-refractivity contribution < 1.29 is 22.3 Å². The van der Waals surface area contributed by atoms with E-state index in [1.54, 1.807) is 24.4 Å². The Labute approximate surface area is 132 Å². The average molecular weight is 343 g/mol. The fourth-order valence-corrected chi connectivity index (χ4v) is 2.30. The van der Waals surface area contributed by atoms with Crippen LogP contribution in [0, 0.1) is 5.82 Å². The molecule has 3 nitrogen and oxygen atoms in total. The number of halogens is 5. The van der Waals surface area contributed by atoms with Crippen molar-refractivity contribution >= 4 is 22.5 Å². The van der Waals surface area contributed by atoms with Crippen LogP contribution in [0.5, 0.6) is 5.75 Å². The molecular formula is C15H7ClF4N2O. The summed E-state index contributed by atoms with van der Waals surface area (Å²) in [4.78, 5) is 8.24. The van der Waals surface area contributed by atoms with Crippen molar-refractivity contribution in [3.05, 3.63) is 53.6 Å². The topological polar surface area (TPSA) is 35.0 Å². The lowest BCUT2D eigenvalue weighted by molar-refractivity contribution is -0.275. The number of hydrogen-bond donors (Lipinski definition) is 0. The number of hydrogen-bond acceptors (Lipinski definition) is 3. The molecule has 3 rings (SSSR count). The van der Waals surface area contributed by atoms with Crippen molar-refractivity contribution in [2.75, 3.05) is 0 Å². The predicted octanol–water partition coefficient (Wildman–Crippen LogP) is 4.99. The molecule has 118 valence electrons. The Kier molecular flexibility index (Phi) is 3.81. The molecule has 0 unspecified atom stereocenters. The molecule has 8 heteroatoms. The molecule has 0 saturated carbocycles. The van der Waals surface area contributed by atoms with E-state index >= 15 is 0 Å². The van der Waals surface area contributed by atoms with Gasteiger partial charge in [-0.3, -0.25) is 4.98 Å². The van der Waals surface area contributed by atoms with Crippen molar-refractivity contribution in [3.8, 4) is 17.0 Å². The summed E-state index contributed by atoms with van der Waals surface area (Å²) in [6, 6.07) is 8.03. The summed E-state index contributed by atoms with van der Waals surface area (Å²) < 4.78 is 53.8. The summed E-state index contributed by atoms with van der Waals surface area (Å²) in [6.45, 7) is 0. The number of rotatable bonds is 2. The molecule has 0 bridgehead atoms. The third-order valence-corrected chi connectivity index (χ3v) is 3.29. The summed E-state index contributed by atoms with van der Waals surface area (Å²) in [5.74, 6) is -2.06. The Hall–Kier alpha value is -2.41. The molecule has 0 amide bonds. The Bertz CT molecular complexity index is 883. The van der Waals surface area contributed by atoms with Crippen LogP contribution >= 0.6 is 11.6 Å². The third kappa shape index (κ3) is 3.34. The number of fused-ring (bicyclic) bond motifs is 1. The zero-order valence-electron chi connectivity index (χ0n) is 11.2. The Morgan fingerprint density at radius 3 is 2.57 bits per heavy atom. The summed E-state index contributed by atoms with van der Waals surface area (Å²) in [7, 11) is 0. The van der Waals surface area contributed by atoms with Crippen molar-refractivity contribution in [3.63, 3.8) is 0 Å². The van der Waals surface area contributed by atoms with Gasteiger partial charge in [0.05, 0.1) is 11.2 Å². The van der Waals surface area contributed by atoms with Gasteiger partial charge in [0.2, 0.25) is 0 Å². The van der Waals surface area contributed by atoms with Crippen LogP contribution in [0.2, 0.25) is 5.15 Å². The first-order valence-corrected chi connectivity index (χ1v) is 6.68. The van der Waals surface area contributed by atoms with E-state index in [0.717, 1.165) is 12.1 Å². The highest BCUT2D eigenvalue weighted by Crippen LogP contribution is 2.31. The van der Waals surface area contributed by atoms with Gasteiger partial charge in [-0.25, -0.2) is 9.37 Å². The molecule has 0 saturated heterocycles. The van der Waals surface area contributed by atoms with E-state index < -0.39 is 17.9 Å². The van der Waals surface area contributed by atoms with Crippen LogP contribution in [0.1, 0.15) is 0 Å². The predicted molar refractivity (Wildman–Crippen MR) is 76.6 cm³/mol. The van der Waals surface area contributed by atoms with Crippen LogP contribution in [0.25, 0.3) is 22.2 Å². The Morgan fingerprint density at radius 2 is 1.87 bits per heavy atom. The fourth-order valence-electron chi connectivity index (χ4n) is 2.05. The SMILES string of the molecule is Fc1cc(-c2cc3ncccc3c(Cl)n2)ccc1OC(F)(F)F. The first kappa shape index (κ1) is 15.5. The molecule has 1 aromatic carbocycles. The quantitative estimate of drug-likeness (QED) is 0.486. The number of nitrogens with zero attached hydrogens (tertiary/aromatic N) is 2. The maximum Gasteiger partial charge on any atom is 0.573 e. The summed E-state index contributed by atoms with van der Waals surface area (Å²) >= 11 is 6.05. The largest absolute Gasteiger partial charge is 0.573 e. The van der Waals surface area contributed by atoms with Gasteiger partial charge in [-0.15, -0.1) is 13.2 Å². The van der Waals surface area contributed by atoms with Gasteiger partial charge in [0, 0.05) is 17.1 Å². The highest BCUT2D eigenvalue weighted by atomic mass is 35.5. The van der Waals surface area contributed by atoms with Gasteiger partial charge in [-0.1, -0.05) is 11.6 Å². The number of benzene rings is 1. The van der Waals surface area contributed by atoms with Crippen molar-refractivity contribution in [1.82, 2.24) is 9.97 Å². The van der Waals surface area contributed by atoms with E-state index in [9.17, 15) is 17.6 Å². The van der Waals surface area contributed by atoms with E-state index in [2.05, 4.69) is 14.7 Å². The van der Waals surface area contributed by atoms with Crippen LogP contribution in [-0.4, -0.2) is 16.3 Å². The molecule has 23 heavy (non-hydrogen) atoms. The lowest BCUT2D eigenvalue weighted by Gasteiger charge is -2.11. The average Bonchev–Trinajstić information content (AvgIpc) is 2.48. The van der Waals surface area contributed by atoms with Gasteiger partial charge in [-0.2, -0.15) is 0 Å². The summed E-state index contributed by atoms with van der Waals surface area (Å²) in [5, 5.41) is 0.789. The molecule has 2 aromatic heterocycles. The Balaban J connectivity index is 2.04. The van der Waals surface area contributed by atoms with Gasteiger partial charge in [0.1, 0.15) is 5.15 Å². The third-order valence-electron chi connectivity index (χ3n) is 3.01. The van der Waals surface area contributed by atoms with E-state index in [0.29, 0.717) is 16.6 Å². The maximum absolute atomic E-state index is 13.8. The molecule has 2 heterocycles. The van der Waals surface area contributed by atoms with Crippen LogP contribution in [0.3, 0.4) is 0 Å². The van der Waals surface area contributed by atoms with Gasteiger partial charge < -0.3 is 4.74 Å². The molecule has 0 spiro atoms. The van der Waals surface area contributed by atoms with Crippen LogP contribution < -0.4 is 4.74 Å².